The van der Waals surface area contributed by atoms with Crippen LogP contribution in [0.25, 0.3) is 11.3 Å². The third kappa shape index (κ3) is 1.89. The van der Waals surface area contributed by atoms with Gasteiger partial charge in [0, 0.05) is 0 Å². The Morgan fingerprint density at radius 3 is 2.68 bits per heavy atom. The van der Waals surface area contributed by atoms with E-state index in [4.69, 9.17) is 5.73 Å². The fourth-order valence-corrected chi connectivity index (χ4v) is 2.99. The van der Waals surface area contributed by atoms with Crippen LogP contribution < -0.4 is 5.73 Å². The fourth-order valence-electron chi connectivity index (χ4n) is 2.99. The van der Waals surface area contributed by atoms with Crippen molar-refractivity contribution < 1.29 is 0 Å². The Kier molecular flexibility index (Phi) is 2.33. The number of rotatable bonds is 2. The smallest absolute Gasteiger partial charge is 0.126 e. The molecule has 1 aromatic carbocycles. The molecular weight excluding hydrogens is 234 g/mol. The highest BCUT2D eigenvalue weighted by Gasteiger charge is 2.42. The number of H-pyrrole nitrogens is 1. The van der Waals surface area contributed by atoms with Crippen molar-refractivity contribution in [3.8, 4) is 11.3 Å². The standard InChI is InChI=1S/C16H19N3/c17-16(7-8-16)15-18-10-14(19-15)13-6-5-11-3-1-2-4-12(11)9-13/h5-6,9-10H,1-4,7-8,17H2,(H,18,19). The summed E-state index contributed by atoms with van der Waals surface area (Å²) in [6.45, 7) is 0. The molecule has 0 atom stereocenters. The van der Waals surface area contributed by atoms with E-state index in [2.05, 4.69) is 28.2 Å². The van der Waals surface area contributed by atoms with Gasteiger partial charge in [0.2, 0.25) is 0 Å². The average Bonchev–Trinajstić information content (AvgIpc) is 3.02. The van der Waals surface area contributed by atoms with Crippen molar-refractivity contribution in [1.29, 1.82) is 0 Å². The molecule has 0 saturated heterocycles. The maximum atomic E-state index is 6.18. The zero-order chi connectivity index (χ0) is 12.9. The molecule has 19 heavy (non-hydrogen) atoms. The van der Waals surface area contributed by atoms with Crippen LogP contribution in [0.2, 0.25) is 0 Å². The SMILES string of the molecule is NC1(c2ncc(-c3ccc4c(c3)CCCC4)[nH]2)CC1. The van der Waals surface area contributed by atoms with E-state index in [0.29, 0.717) is 0 Å². The van der Waals surface area contributed by atoms with Gasteiger partial charge < -0.3 is 10.7 Å². The van der Waals surface area contributed by atoms with E-state index in [1.54, 1.807) is 0 Å². The van der Waals surface area contributed by atoms with Crippen LogP contribution in [0.4, 0.5) is 0 Å². The average molecular weight is 253 g/mol. The lowest BCUT2D eigenvalue weighted by Crippen LogP contribution is -2.20. The molecule has 1 saturated carbocycles. The molecule has 1 aromatic heterocycles. The summed E-state index contributed by atoms with van der Waals surface area (Å²) >= 11 is 0. The summed E-state index contributed by atoms with van der Waals surface area (Å²) in [4.78, 5) is 7.86. The number of nitrogens with zero attached hydrogens (tertiary/aromatic N) is 1. The highest BCUT2D eigenvalue weighted by atomic mass is 15.0. The molecule has 98 valence electrons. The first-order valence-corrected chi connectivity index (χ1v) is 7.21. The minimum Gasteiger partial charge on any atom is -0.340 e. The van der Waals surface area contributed by atoms with Gasteiger partial charge in [-0.1, -0.05) is 12.1 Å². The minimum atomic E-state index is -0.174. The molecule has 0 bridgehead atoms. The van der Waals surface area contributed by atoms with Crippen molar-refractivity contribution in [2.45, 2.75) is 44.1 Å². The quantitative estimate of drug-likeness (QED) is 0.864. The Bertz CT molecular complexity index is 623. The number of nitrogens with two attached hydrogens (primary N) is 1. The number of fused-ring (bicyclic) bond motifs is 1. The van der Waals surface area contributed by atoms with Crippen molar-refractivity contribution in [1.82, 2.24) is 9.97 Å². The number of hydrogen-bond donors (Lipinski definition) is 2. The highest BCUT2D eigenvalue weighted by Crippen LogP contribution is 2.41. The van der Waals surface area contributed by atoms with Gasteiger partial charge in [0.05, 0.1) is 17.4 Å². The monoisotopic (exact) mass is 253 g/mol. The highest BCUT2D eigenvalue weighted by molar-refractivity contribution is 5.61. The van der Waals surface area contributed by atoms with Gasteiger partial charge in [-0.25, -0.2) is 4.98 Å². The first-order valence-electron chi connectivity index (χ1n) is 7.21. The number of aromatic amines is 1. The van der Waals surface area contributed by atoms with Crippen LogP contribution in [0.1, 0.15) is 42.6 Å². The van der Waals surface area contributed by atoms with Gasteiger partial charge >= 0.3 is 0 Å². The van der Waals surface area contributed by atoms with Crippen LogP contribution in [-0.2, 0) is 18.4 Å². The lowest BCUT2D eigenvalue weighted by atomic mass is 9.90. The van der Waals surface area contributed by atoms with Crippen LogP contribution in [-0.4, -0.2) is 9.97 Å². The molecule has 0 aliphatic heterocycles. The summed E-state index contributed by atoms with van der Waals surface area (Å²) in [5.41, 5.74) is 11.4. The summed E-state index contributed by atoms with van der Waals surface area (Å²) in [6, 6.07) is 6.80. The van der Waals surface area contributed by atoms with Crippen LogP contribution in [0.15, 0.2) is 24.4 Å². The van der Waals surface area contributed by atoms with Gasteiger partial charge in [0.15, 0.2) is 0 Å². The summed E-state index contributed by atoms with van der Waals surface area (Å²) in [7, 11) is 0. The molecule has 0 spiro atoms. The number of hydrogen-bond acceptors (Lipinski definition) is 2. The predicted molar refractivity (Wildman–Crippen MR) is 75.8 cm³/mol. The van der Waals surface area contributed by atoms with Gasteiger partial charge in [-0.2, -0.15) is 0 Å². The molecule has 2 aliphatic carbocycles. The normalized spacial score (nSPS) is 20.1. The van der Waals surface area contributed by atoms with Crippen LogP contribution in [0, 0.1) is 0 Å². The van der Waals surface area contributed by atoms with Crippen molar-refractivity contribution >= 4 is 0 Å². The third-order valence-electron chi connectivity index (χ3n) is 4.50. The van der Waals surface area contributed by atoms with Crippen LogP contribution in [0.3, 0.4) is 0 Å². The molecule has 0 unspecified atom stereocenters. The summed E-state index contributed by atoms with van der Waals surface area (Å²) < 4.78 is 0. The summed E-state index contributed by atoms with van der Waals surface area (Å²) in [5.74, 6) is 0.945. The van der Waals surface area contributed by atoms with Gasteiger partial charge in [-0.05, 0) is 61.3 Å². The zero-order valence-corrected chi connectivity index (χ0v) is 11.1. The molecule has 2 aliphatic rings. The molecule has 0 radical (unpaired) electrons. The van der Waals surface area contributed by atoms with Crippen molar-refractivity contribution in [2.24, 2.45) is 5.73 Å². The molecule has 2 aromatic rings. The second-order valence-electron chi connectivity index (χ2n) is 5.99. The lowest BCUT2D eigenvalue weighted by molar-refractivity contribution is 0.684. The Morgan fingerprint density at radius 2 is 1.89 bits per heavy atom. The Balaban J connectivity index is 1.70. The Hall–Kier alpha value is -1.61. The lowest BCUT2D eigenvalue weighted by Gasteiger charge is -2.16. The van der Waals surface area contributed by atoms with Gasteiger partial charge in [0.1, 0.15) is 5.82 Å². The number of benzene rings is 1. The second-order valence-corrected chi connectivity index (χ2v) is 5.99. The fraction of sp³-hybridized carbons (Fsp3) is 0.438. The number of nitrogens with one attached hydrogen (secondary N) is 1. The molecule has 4 rings (SSSR count). The molecule has 1 fully saturated rings. The summed E-state index contributed by atoms with van der Waals surface area (Å²) in [6.07, 6.45) is 9.11. The van der Waals surface area contributed by atoms with Crippen LogP contribution in [0.5, 0.6) is 0 Å². The first-order chi connectivity index (χ1) is 9.24. The Labute approximate surface area is 113 Å². The second kappa shape index (κ2) is 3.94. The molecule has 3 heteroatoms. The van der Waals surface area contributed by atoms with Gasteiger partial charge in [-0.15, -0.1) is 0 Å². The van der Waals surface area contributed by atoms with E-state index >= 15 is 0 Å². The number of imidazole rings is 1. The van der Waals surface area contributed by atoms with Crippen molar-refractivity contribution in [2.75, 3.05) is 0 Å². The first kappa shape index (κ1) is 11.2. The molecule has 1 heterocycles. The van der Waals surface area contributed by atoms with Gasteiger partial charge in [0.25, 0.3) is 0 Å². The van der Waals surface area contributed by atoms with E-state index in [1.165, 1.54) is 42.4 Å². The molecular formula is C16H19N3. The Morgan fingerprint density at radius 1 is 1.11 bits per heavy atom. The number of aryl methyl sites for hydroxylation is 2. The molecule has 3 nitrogen and oxygen atoms in total. The minimum absolute atomic E-state index is 0.174. The largest absolute Gasteiger partial charge is 0.340 e. The van der Waals surface area contributed by atoms with Crippen LogP contribution >= 0.6 is 0 Å². The molecule has 3 N–H and O–H groups in total. The molecule has 0 amide bonds. The van der Waals surface area contributed by atoms with Gasteiger partial charge in [-0.3, -0.25) is 0 Å². The van der Waals surface area contributed by atoms with Crippen molar-refractivity contribution in [3.63, 3.8) is 0 Å². The predicted octanol–water partition coefficient (Wildman–Crippen LogP) is 2.90. The van der Waals surface area contributed by atoms with E-state index in [-0.39, 0.29) is 5.54 Å². The van der Waals surface area contributed by atoms with E-state index in [1.807, 2.05) is 6.20 Å². The maximum Gasteiger partial charge on any atom is 0.126 e. The maximum absolute atomic E-state index is 6.18. The summed E-state index contributed by atoms with van der Waals surface area (Å²) in [5, 5.41) is 0. The third-order valence-corrected chi connectivity index (χ3v) is 4.50. The zero-order valence-electron chi connectivity index (χ0n) is 11.1. The number of aromatic nitrogens is 2. The van der Waals surface area contributed by atoms with E-state index < -0.39 is 0 Å². The van der Waals surface area contributed by atoms with E-state index in [0.717, 1.165) is 24.4 Å². The van der Waals surface area contributed by atoms with E-state index in [9.17, 15) is 0 Å². The van der Waals surface area contributed by atoms with Crippen molar-refractivity contribution in [3.05, 3.63) is 41.3 Å². The topological polar surface area (TPSA) is 54.7 Å².